The van der Waals surface area contributed by atoms with Crippen molar-refractivity contribution in [2.75, 3.05) is 24.5 Å². The van der Waals surface area contributed by atoms with Crippen LogP contribution in [0.25, 0.3) is 0 Å². The summed E-state index contributed by atoms with van der Waals surface area (Å²) in [6.07, 6.45) is 1.47. The number of aromatic nitrogens is 1. The molecule has 5 nitrogen and oxygen atoms in total. The first-order chi connectivity index (χ1) is 11.1. The van der Waals surface area contributed by atoms with Gasteiger partial charge in [-0.2, -0.15) is 0 Å². The van der Waals surface area contributed by atoms with Gasteiger partial charge in [0.15, 0.2) is 5.13 Å². The first-order valence-corrected chi connectivity index (χ1v) is 8.22. The van der Waals surface area contributed by atoms with Crippen LogP contribution in [0.4, 0.5) is 9.52 Å². The average Bonchev–Trinajstić information content (AvgIpc) is 3.05. The van der Waals surface area contributed by atoms with Crippen LogP contribution in [0.1, 0.15) is 5.56 Å². The predicted molar refractivity (Wildman–Crippen MR) is 86.2 cm³/mol. The third kappa shape index (κ3) is 3.35. The number of rotatable bonds is 3. The van der Waals surface area contributed by atoms with Gasteiger partial charge in [-0.05, 0) is 12.1 Å². The number of halogens is 2. The number of hydrogen-bond acceptors (Lipinski definition) is 4. The Morgan fingerprint density at radius 3 is 2.87 bits per heavy atom. The van der Waals surface area contributed by atoms with Crippen LogP contribution in [0.15, 0.2) is 29.8 Å². The highest BCUT2D eigenvalue weighted by atomic mass is 35.5. The maximum absolute atomic E-state index is 13.8. The van der Waals surface area contributed by atoms with Crippen molar-refractivity contribution < 1.29 is 14.0 Å². The second-order valence-corrected chi connectivity index (χ2v) is 6.33. The Morgan fingerprint density at radius 1 is 1.39 bits per heavy atom. The van der Waals surface area contributed by atoms with Gasteiger partial charge in [0.2, 0.25) is 11.8 Å². The molecule has 0 saturated carbocycles. The molecule has 2 amide bonds. The van der Waals surface area contributed by atoms with E-state index in [1.54, 1.807) is 22.5 Å². The van der Waals surface area contributed by atoms with Crippen LogP contribution in [0.2, 0.25) is 5.02 Å². The van der Waals surface area contributed by atoms with Gasteiger partial charge in [-0.3, -0.25) is 14.5 Å². The van der Waals surface area contributed by atoms with E-state index in [1.165, 1.54) is 28.4 Å². The van der Waals surface area contributed by atoms with Gasteiger partial charge >= 0.3 is 0 Å². The minimum atomic E-state index is -0.515. The van der Waals surface area contributed by atoms with Gasteiger partial charge < -0.3 is 4.90 Å². The molecule has 0 N–H and O–H groups in total. The van der Waals surface area contributed by atoms with E-state index < -0.39 is 5.82 Å². The van der Waals surface area contributed by atoms with E-state index in [2.05, 4.69) is 4.98 Å². The van der Waals surface area contributed by atoms with Crippen molar-refractivity contribution in [3.8, 4) is 0 Å². The molecule has 1 aliphatic rings. The van der Waals surface area contributed by atoms with Gasteiger partial charge in [-0.1, -0.05) is 17.7 Å². The highest BCUT2D eigenvalue weighted by molar-refractivity contribution is 7.13. The van der Waals surface area contributed by atoms with E-state index in [1.807, 2.05) is 0 Å². The lowest BCUT2D eigenvalue weighted by Gasteiger charge is -2.33. The zero-order chi connectivity index (χ0) is 16.4. The van der Waals surface area contributed by atoms with Gasteiger partial charge in [0, 0.05) is 35.3 Å². The topological polar surface area (TPSA) is 53.5 Å². The van der Waals surface area contributed by atoms with Crippen LogP contribution in [-0.2, 0) is 16.0 Å². The Morgan fingerprint density at radius 2 is 2.22 bits per heavy atom. The monoisotopic (exact) mass is 353 g/mol. The summed E-state index contributed by atoms with van der Waals surface area (Å²) in [7, 11) is 0. The fourth-order valence-electron chi connectivity index (χ4n) is 2.40. The first-order valence-electron chi connectivity index (χ1n) is 6.97. The maximum atomic E-state index is 13.8. The minimum Gasteiger partial charge on any atom is -0.331 e. The van der Waals surface area contributed by atoms with Crippen molar-refractivity contribution in [3.63, 3.8) is 0 Å². The summed E-state index contributed by atoms with van der Waals surface area (Å²) in [5.41, 5.74) is 0.161. The number of carbonyl (C=O) groups excluding carboxylic acids is 2. The van der Waals surface area contributed by atoms with Gasteiger partial charge in [-0.15, -0.1) is 11.3 Å². The van der Waals surface area contributed by atoms with Gasteiger partial charge in [0.25, 0.3) is 0 Å². The minimum absolute atomic E-state index is 0.0372. The molecule has 120 valence electrons. The summed E-state index contributed by atoms with van der Waals surface area (Å²) in [4.78, 5) is 31.6. The van der Waals surface area contributed by atoms with Gasteiger partial charge in [0.1, 0.15) is 12.4 Å². The average molecular weight is 354 g/mol. The number of anilines is 1. The summed E-state index contributed by atoms with van der Waals surface area (Å²) in [6.45, 7) is 0.726. The molecule has 2 heterocycles. The quantitative estimate of drug-likeness (QED) is 0.851. The molecule has 8 heteroatoms. The summed E-state index contributed by atoms with van der Waals surface area (Å²) >= 11 is 7.31. The highest BCUT2D eigenvalue weighted by Crippen LogP contribution is 2.22. The number of amides is 2. The summed E-state index contributed by atoms with van der Waals surface area (Å²) in [6, 6.07) is 4.29. The predicted octanol–water partition coefficient (Wildman–Crippen LogP) is 2.35. The van der Waals surface area contributed by atoms with Crippen molar-refractivity contribution in [1.82, 2.24) is 9.88 Å². The van der Waals surface area contributed by atoms with Gasteiger partial charge in [-0.25, -0.2) is 9.37 Å². The lowest BCUT2D eigenvalue weighted by atomic mass is 10.1. The molecule has 1 saturated heterocycles. The summed E-state index contributed by atoms with van der Waals surface area (Å²) < 4.78 is 13.8. The normalized spacial score (nSPS) is 15.1. The molecule has 0 bridgehead atoms. The van der Waals surface area contributed by atoms with Crippen LogP contribution in [0.5, 0.6) is 0 Å². The molecule has 2 aromatic rings. The fraction of sp³-hybridized carbons (Fsp3) is 0.267. The second kappa shape index (κ2) is 6.64. The number of nitrogens with zero attached hydrogens (tertiary/aromatic N) is 3. The highest BCUT2D eigenvalue weighted by Gasteiger charge is 2.29. The number of piperazine rings is 1. The third-order valence-corrected chi connectivity index (χ3v) is 4.76. The Hall–Kier alpha value is -1.99. The van der Waals surface area contributed by atoms with Crippen LogP contribution >= 0.6 is 22.9 Å². The van der Waals surface area contributed by atoms with E-state index in [4.69, 9.17) is 11.6 Å². The molecule has 1 aromatic carbocycles. The first kappa shape index (κ1) is 15.9. The molecule has 3 rings (SSSR count). The van der Waals surface area contributed by atoms with Crippen LogP contribution < -0.4 is 4.90 Å². The molecule has 0 atom stereocenters. The molecule has 1 aliphatic heterocycles. The van der Waals surface area contributed by atoms with E-state index in [9.17, 15) is 14.0 Å². The molecular formula is C15H13ClFN3O2S. The van der Waals surface area contributed by atoms with E-state index in [-0.39, 0.29) is 35.4 Å². The molecule has 0 radical (unpaired) electrons. The summed E-state index contributed by atoms with van der Waals surface area (Å²) in [5.74, 6) is -1.03. The lowest BCUT2D eigenvalue weighted by Crippen LogP contribution is -2.52. The van der Waals surface area contributed by atoms with E-state index in [0.29, 0.717) is 18.2 Å². The smallest absolute Gasteiger partial charge is 0.248 e. The largest absolute Gasteiger partial charge is 0.331 e. The van der Waals surface area contributed by atoms with E-state index in [0.717, 1.165) is 0 Å². The van der Waals surface area contributed by atoms with Crippen LogP contribution in [0.3, 0.4) is 0 Å². The molecule has 0 unspecified atom stereocenters. The maximum Gasteiger partial charge on any atom is 0.248 e. The number of thiazole rings is 1. The zero-order valence-corrected chi connectivity index (χ0v) is 13.6. The number of carbonyl (C=O) groups is 2. The number of hydrogen-bond donors (Lipinski definition) is 0. The Kier molecular flexibility index (Phi) is 4.58. The Labute approximate surface area is 141 Å². The fourth-order valence-corrected chi connectivity index (χ4v) is 3.32. The molecular weight excluding hydrogens is 341 g/mol. The lowest BCUT2D eigenvalue weighted by molar-refractivity contribution is -0.136. The summed E-state index contributed by atoms with van der Waals surface area (Å²) in [5, 5.41) is 2.63. The Balaban J connectivity index is 1.67. The molecule has 1 aromatic heterocycles. The molecule has 0 spiro atoms. The van der Waals surface area contributed by atoms with Crippen molar-refractivity contribution >= 4 is 39.9 Å². The van der Waals surface area contributed by atoms with Crippen molar-refractivity contribution in [2.24, 2.45) is 0 Å². The third-order valence-electron chi connectivity index (χ3n) is 3.61. The standard InChI is InChI=1S/C15H13ClFN3O2S/c16-11-2-1-3-12(17)10(11)8-13(21)19-5-6-20(14(22)9-19)15-18-4-7-23-15/h1-4,7H,5-6,8-9H2. The van der Waals surface area contributed by atoms with Crippen LogP contribution in [0, 0.1) is 5.82 Å². The van der Waals surface area contributed by atoms with Crippen LogP contribution in [-0.4, -0.2) is 41.3 Å². The molecule has 1 fully saturated rings. The number of benzene rings is 1. The van der Waals surface area contributed by atoms with E-state index >= 15 is 0 Å². The van der Waals surface area contributed by atoms with Gasteiger partial charge in [0.05, 0.1) is 6.42 Å². The Bertz CT molecular complexity index is 718. The van der Waals surface area contributed by atoms with Crippen molar-refractivity contribution in [2.45, 2.75) is 6.42 Å². The van der Waals surface area contributed by atoms with Crippen molar-refractivity contribution in [3.05, 3.63) is 46.2 Å². The SMILES string of the molecule is O=C(Cc1c(F)cccc1Cl)N1CCN(c2nccs2)C(=O)C1. The molecule has 0 aliphatic carbocycles. The van der Waals surface area contributed by atoms with Crippen molar-refractivity contribution in [1.29, 1.82) is 0 Å². The second-order valence-electron chi connectivity index (χ2n) is 5.05. The molecule has 23 heavy (non-hydrogen) atoms. The zero-order valence-electron chi connectivity index (χ0n) is 12.0.